The lowest BCUT2D eigenvalue weighted by Crippen LogP contribution is -2.25. The number of primary sulfonamides is 1. The number of pyridine rings is 1. The summed E-state index contributed by atoms with van der Waals surface area (Å²) in [7, 11) is -4.02. The Balaban J connectivity index is 1.55. The standard InChI is InChI=1S/C31H29FN4O4S/c1-2-3-13-29-34-26-16-17-35(20-27(37)21-9-5-4-6-10-21)31(38)30(26)36(29)19-23-15-14-22(18-25(23)32)24-11-7-8-12-28(24)41(33,39)40/h4-12,14-18H,2-3,13,19-20H2,1H3,(H2,33,39,40). The molecular formula is C31H29FN4O4S. The van der Waals surface area contributed by atoms with Gasteiger partial charge in [-0.3, -0.25) is 9.59 Å². The maximum absolute atomic E-state index is 15.5. The molecule has 0 amide bonds. The lowest BCUT2D eigenvalue weighted by molar-refractivity contribution is 0.0971. The molecule has 5 rings (SSSR count). The number of nitrogens with two attached hydrogens (primary N) is 1. The normalized spacial score (nSPS) is 11.7. The molecule has 0 bridgehead atoms. The fourth-order valence-electron chi connectivity index (χ4n) is 4.88. The van der Waals surface area contributed by atoms with Gasteiger partial charge in [-0.1, -0.05) is 74.0 Å². The fraction of sp³-hybridized carbons (Fsp3) is 0.194. The van der Waals surface area contributed by atoms with Gasteiger partial charge >= 0.3 is 0 Å². The summed E-state index contributed by atoms with van der Waals surface area (Å²) >= 11 is 0. The van der Waals surface area contributed by atoms with Gasteiger partial charge in [0.15, 0.2) is 5.78 Å². The van der Waals surface area contributed by atoms with Crippen LogP contribution in [-0.2, 0) is 29.5 Å². The topological polar surface area (TPSA) is 117 Å². The van der Waals surface area contributed by atoms with E-state index in [9.17, 15) is 18.0 Å². The molecule has 0 saturated carbocycles. The van der Waals surface area contributed by atoms with Crippen molar-refractivity contribution in [3.8, 4) is 11.1 Å². The number of sulfonamides is 1. The minimum Gasteiger partial charge on any atom is -0.319 e. The van der Waals surface area contributed by atoms with E-state index in [0.29, 0.717) is 45.5 Å². The van der Waals surface area contributed by atoms with Crippen LogP contribution in [0.3, 0.4) is 0 Å². The SMILES string of the molecule is CCCCc1nc2ccn(CC(=O)c3ccccc3)c(=O)c2n1Cc1ccc(-c2ccccc2S(N)(=O)=O)cc1F. The Kier molecular flexibility index (Phi) is 7.96. The molecule has 2 N–H and O–H groups in total. The molecule has 3 aromatic carbocycles. The molecule has 8 nitrogen and oxygen atoms in total. The van der Waals surface area contributed by atoms with Crippen LogP contribution in [0.2, 0.25) is 0 Å². The Bertz CT molecular complexity index is 1910. The van der Waals surface area contributed by atoms with Crippen molar-refractivity contribution in [1.29, 1.82) is 0 Å². The maximum atomic E-state index is 15.5. The molecule has 41 heavy (non-hydrogen) atoms. The Hall–Kier alpha value is -4.41. The number of aromatic nitrogens is 3. The molecule has 2 heterocycles. The van der Waals surface area contributed by atoms with Gasteiger partial charge in [-0.05, 0) is 30.2 Å². The highest BCUT2D eigenvalue weighted by molar-refractivity contribution is 7.89. The number of hydrogen-bond acceptors (Lipinski definition) is 5. The molecule has 0 aliphatic carbocycles. The maximum Gasteiger partial charge on any atom is 0.277 e. The van der Waals surface area contributed by atoms with Gasteiger partial charge in [-0.25, -0.2) is 22.9 Å². The third-order valence-corrected chi connectivity index (χ3v) is 7.97. The number of halogens is 1. The highest BCUT2D eigenvalue weighted by atomic mass is 32.2. The third-order valence-electron chi connectivity index (χ3n) is 7.00. The van der Waals surface area contributed by atoms with Crippen molar-refractivity contribution >= 4 is 26.8 Å². The first-order chi connectivity index (χ1) is 19.7. The number of carbonyl (C=O) groups is 1. The molecule has 10 heteroatoms. The number of benzene rings is 3. The number of Topliss-reactive ketones (excluding diaryl/α,β-unsaturated/α-hetero) is 1. The number of nitrogens with zero attached hydrogens (tertiary/aromatic N) is 3. The molecule has 0 spiro atoms. The molecule has 5 aromatic rings. The number of fused-ring (bicyclic) bond motifs is 1. The largest absolute Gasteiger partial charge is 0.319 e. The molecular weight excluding hydrogens is 543 g/mol. The van der Waals surface area contributed by atoms with Crippen molar-refractivity contribution in [1.82, 2.24) is 14.1 Å². The summed E-state index contributed by atoms with van der Waals surface area (Å²) in [5, 5.41) is 5.37. The number of rotatable bonds is 10. The number of ketones is 1. The smallest absolute Gasteiger partial charge is 0.277 e. The highest BCUT2D eigenvalue weighted by Crippen LogP contribution is 2.29. The van der Waals surface area contributed by atoms with Crippen LogP contribution in [0.1, 0.15) is 41.5 Å². The van der Waals surface area contributed by atoms with Crippen molar-refractivity contribution in [3.05, 3.63) is 118 Å². The summed E-state index contributed by atoms with van der Waals surface area (Å²) in [6.45, 7) is 1.94. The van der Waals surface area contributed by atoms with Crippen LogP contribution in [-0.4, -0.2) is 28.3 Å². The summed E-state index contributed by atoms with van der Waals surface area (Å²) in [6, 6.07) is 21.1. The van der Waals surface area contributed by atoms with Crippen molar-refractivity contribution < 1.29 is 17.6 Å². The van der Waals surface area contributed by atoms with E-state index in [-0.39, 0.29) is 29.3 Å². The van der Waals surface area contributed by atoms with E-state index >= 15 is 4.39 Å². The molecule has 2 aromatic heterocycles. The first kappa shape index (κ1) is 28.1. The second kappa shape index (κ2) is 11.6. The van der Waals surface area contributed by atoms with Gasteiger partial charge in [0.25, 0.3) is 5.56 Å². The lowest BCUT2D eigenvalue weighted by Gasteiger charge is -2.13. The Morgan fingerprint density at radius 2 is 1.73 bits per heavy atom. The van der Waals surface area contributed by atoms with Crippen LogP contribution >= 0.6 is 0 Å². The summed E-state index contributed by atoms with van der Waals surface area (Å²) in [5.41, 5.74) is 1.84. The first-order valence-corrected chi connectivity index (χ1v) is 14.8. The molecule has 0 saturated heterocycles. The monoisotopic (exact) mass is 572 g/mol. The van der Waals surface area contributed by atoms with E-state index in [1.807, 2.05) is 13.0 Å². The predicted molar refractivity (Wildman–Crippen MR) is 156 cm³/mol. The summed E-state index contributed by atoms with van der Waals surface area (Å²) in [4.78, 5) is 31.0. The molecule has 0 aliphatic rings. The Labute approximate surface area is 236 Å². The van der Waals surface area contributed by atoms with Crippen molar-refractivity contribution in [2.45, 2.75) is 44.2 Å². The Morgan fingerprint density at radius 3 is 2.44 bits per heavy atom. The number of unbranched alkanes of at least 4 members (excludes halogenated alkanes) is 1. The first-order valence-electron chi connectivity index (χ1n) is 13.2. The van der Waals surface area contributed by atoms with Gasteiger partial charge in [0, 0.05) is 29.3 Å². The summed E-state index contributed by atoms with van der Waals surface area (Å²) < 4.78 is 42.7. The third kappa shape index (κ3) is 5.89. The lowest BCUT2D eigenvalue weighted by atomic mass is 10.0. The van der Waals surface area contributed by atoms with Crippen molar-refractivity contribution in [3.63, 3.8) is 0 Å². The molecule has 210 valence electrons. The summed E-state index contributed by atoms with van der Waals surface area (Å²) in [6.07, 6.45) is 3.89. The highest BCUT2D eigenvalue weighted by Gasteiger charge is 2.20. The number of imidazole rings is 1. The van der Waals surface area contributed by atoms with E-state index < -0.39 is 15.8 Å². The molecule has 0 radical (unpaired) electrons. The second-order valence-electron chi connectivity index (χ2n) is 9.84. The average molecular weight is 573 g/mol. The zero-order valence-corrected chi connectivity index (χ0v) is 23.3. The van der Waals surface area contributed by atoms with E-state index in [0.717, 1.165) is 12.8 Å². The quantitative estimate of drug-likeness (QED) is 0.238. The minimum absolute atomic E-state index is 0.0321. The van der Waals surface area contributed by atoms with Crippen LogP contribution in [0.15, 0.2) is 94.7 Å². The number of carbonyl (C=O) groups excluding carboxylic acids is 1. The van der Waals surface area contributed by atoms with Gasteiger partial charge in [0.2, 0.25) is 10.0 Å². The van der Waals surface area contributed by atoms with Crippen LogP contribution in [0.25, 0.3) is 22.2 Å². The van der Waals surface area contributed by atoms with Gasteiger partial charge in [0.1, 0.15) is 17.2 Å². The van der Waals surface area contributed by atoms with Gasteiger partial charge in [-0.15, -0.1) is 0 Å². The second-order valence-corrected chi connectivity index (χ2v) is 11.4. The molecule has 0 atom stereocenters. The van der Waals surface area contributed by atoms with E-state index in [1.54, 1.807) is 71.4 Å². The zero-order valence-electron chi connectivity index (χ0n) is 22.5. The predicted octanol–water partition coefficient (Wildman–Crippen LogP) is 4.93. The zero-order chi connectivity index (χ0) is 29.1. The Morgan fingerprint density at radius 1 is 1.00 bits per heavy atom. The van der Waals surface area contributed by atoms with Crippen LogP contribution in [0, 0.1) is 5.82 Å². The molecule has 0 fully saturated rings. The minimum atomic E-state index is -4.02. The van der Waals surface area contributed by atoms with Gasteiger partial charge < -0.3 is 9.13 Å². The van der Waals surface area contributed by atoms with Crippen LogP contribution in [0.4, 0.5) is 4.39 Å². The van der Waals surface area contributed by atoms with Crippen LogP contribution < -0.4 is 10.7 Å². The van der Waals surface area contributed by atoms with Gasteiger partial charge in [-0.2, -0.15) is 0 Å². The van der Waals surface area contributed by atoms with E-state index in [2.05, 4.69) is 4.98 Å². The van der Waals surface area contributed by atoms with Crippen LogP contribution in [0.5, 0.6) is 0 Å². The average Bonchev–Trinajstić information content (AvgIpc) is 3.32. The number of aryl methyl sites for hydroxylation is 1. The molecule has 0 unspecified atom stereocenters. The number of hydrogen-bond donors (Lipinski definition) is 1. The fourth-order valence-corrected chi connectivity index (χ4v) is 5.64. The summed E-state index contributed by atoms with van der Waals surface area (Å²) in [5.74, 6) is -0.120. The van der Waals surface area contributed by atoms with Gasteiger partial charge in [0.05, 0.1) is 23.5 Å². The van der Waals surface area contributed by atoms with Crippen molar-refractivity contribution in [2.24, 2.45) is 5.14 Å². The van der Waals surface area contributed by atoms with Crippen molar-refractivity contribution in [2.75, 3.05) is 0 Å². The molecule has 0 aliphatic heterocycles. The van der Waals surface area contributed by atoms with E-state index in [4.69, 9.17) is 5.14 Å². The van der Waals surface area contributed by atoms with E-state index in [1.165, 1.54) is 16.7 Å².